The summed E-state index contributed by atoms with van der Waals surface area (Å²) in [5.74, 6) is 0. The minimum atomic E-state index is -3.17. The monoisotopic (exact) mass is 311 g/mol. The third-order valence-electron chi connectivity index (χ3n) is 4.17. The summed E-state index contributed by atoms with van der Waals surface area (Å²) in [4.78, 5) is 0. The molecule has 1 aromatic carbocycles. The predicted molar refractivity (Wildman–Crippen MR) is 90.5 cm³/mol. The van der Waals surface area contributed by atoms with Crippen LogP contribution in [0.2, 0.25) is 0 Å². The lowest BCUT2D eigenvalue weighted by Crippen LogP contribution is -2.45. The molecule has 1 atom stereocenters. The molecule has 0 radical (unpaired) electrons. The normalized spacial score (nSPS) is 15.0. The third-order valence-corrected chi connectivity index (χ3v) is 6.32. The molecule has 1 N–H and O–H groups in total. The minimum absolute atomic E-state index is 0.0958. The fraction of sp³-hybridized carbons (Fsp3) is 0.647. The van der Waals surface area contributed by atoms with Gasteiger partial charge in [0.15, 0.2) is 9.84 Å². The molecule has 0 aliphatic rings. The molecule has 0 fully saturated rings. The Morgan fingerprint density at radius 2 is 1.52 bits per heavy atom. The molecule has 1 rings (SSSR count). The molecule has 120 valence electrons. The maximum Gasteiger partial charge on any atom is 0.154 e. The second kappa shape index (κ2) is 6.09. The summed E-state index contributed by atoms with van der Waals surface area (Å²) in [6, 6.07) is 8.06. The molecule has 0 saturated heterocycles. The number of rotatable bonds is 5. The van der Waals surface area contributed by atoms with Gasteiger partial charge in [-0.25, -0.2) is 8.42 Å². The van der Waals surface area contributed by atoms with Gasteiger partial charge in [0.05, 0.1) is 10.8 Å². The van der Waals surface area contributed by atoms with Crippen LogP contribution in [0, 0.1) is 0 Å². The first-order chi connectivity index (χ1) is 9.41. The van der Waals surface area contributed by atoms with Gasteiger partial charge in [0.2, 0.25) is 0 Å². The quantitative estimate of drug-likeness (QED) is 0.906. The standard InChI is InChI=1S/C17H29NO2S/c1-8-18-15(17(5,6)21(7,19)20)13-9-11-14(12-10-13)16(2,3)4/h9-12,15,18H,8H2,1-7H3. The van der Waals surface area contributed by atoms with Crippen LogP contribution >= 0.6 is 0 Å². The molecule has 0 saturated carbocycles. The molecule has 0 amide bonds. The average Bonchev–Trinajstić information content (AvgIpc) is 2.33. The van der Waals surface area contributed by atoms with E-state index in [-0.39, 0.29) is 11.5 Å². The van der Waals surface area contributed by atoms with Crippen molar-refractivity contribution in [3.05, 3.63) is 35.4 Å². The summed E-state index contributed by atoms with van der Waals surface area (Å²) in [7, 11) is -3.17. The molecular weight excluding hydrogens is 282 g/mol. The zero-order valence-corrected chi connectivity index (χ0v) is 15.1. The Morgan fingerprint density at radius 1 is 1.05 bits per heavy atom. The van der Waals surface area contributed by atoms with E-state index < -0.39 is 14.6 Å². The topological polar surface area (TPSA) is 46.2 Å². The van der Waals surface area contributed by atoms with E-state index in [0.29, 0.717) is 0 Å². The van der Waals surface area contributed by atoms with Crippen molar-refractivity contribution in [1.82, 2.24) is 5.32 Å². The van der Waals surface area contributed by atoms with E-state index in [2.05, 4.69) is 38.2 Å². The van der Waals surface area contributed by atoms with Gasteiger partial charge in [0, 0.05) is 6.26 Å². The Labute approximate surface area is 130 Å². The Kier molecular flexibility index (Phi) is 5.27. The second-order valence-corrected chi connectivity index (χ2v) is 9.83. The molecule has 3 nitrogen and oxygen atoms in total. The first-order valence-corrected chi connectivity index (χ1v) is 9.34. The van der Waals surface area contributed by atoms with Crippen LogP contribution in [-0.2, 0) is 15.3 Å². The molecule has 4 heteroatoms. The second-order valence-electron chi connectivity index (χ2n) is 7.24. The van der Waals surface area contributed by atoms with Crippen LogP contribution in [0.4, 0.5) is 0 Å². The highest BCUT2D eigenvalue weighted by Gasteiger charge is 2.39. The summed E-state index contributed by atoms with van der Waals surface area (Å²) in [5, 5.41) is 3.32. The molecule has 0 aliphatic carbocycles. The Bertz CT molecular complexity index is 566. The molecule has 1 aromatic rings. The Hall–Kier alpha value is -0.870. The molecule has 0 aromatic heterocycles. The Morgan fingerprint density at radius 3 is 1.86 bits per heavy atom. The lowest BCUT2D eigenvalue weighted by atomic mass is 9.85. The van der Waals surface area contributed by atoms with Gasteiger partial charge in [-0.1, -0.05) is 52.0 Å². The molecule has 0 aliphatic heterocycles. The van der Waals surface area contributed by atoms with Crippen LogP contribution < -0.4 is 5.32 Å². The fourth-order valence-corrected chi connectivity index (χ4v) is 3.01. The van der Waals surface area contributed by atoms with E-state index in [9.17, 15) is 8.42 Å². The van der Waals surface area contributed by atoms with Crippen molar-refractivity contribution in [2.45, 2.75) is 57.7 Å². The maximum atomic E-state index is 12.1. The maximum absolute atomic E-state index is 12.1. The predicted octanol–water partition coefficient (Wildman–Crippen LogP) is 3.46. The van der Waals surface area contributed by atoms with E-state index in [1.165, 1.54) is 11.8 Å². The van der Waals surface area contributed by atoms with Gasteiger partial charge in [-0.05, 0) is 36.9 Å². The SMILES string of the molecule is CCNC(c1ccc(C(C)(C)C)cc1)C(C)(C)S(C)(=O)=O. The van der Waals surface area contributed by atoms with Crippen LogP contribution in [0.15, 0.2) is 24.3 Å². The first kappa shape index (κ1) is 18.2. The van der Waals surface area contributed by atoms with Crippen LogP contribution in [0.3, 0.4) is 0 Å². The van der Waals surface area contributed by atoms with Crippen LogP contribution in [-0.4, -0.2) is 26.0 Å². The molecule has 1 unspecified atom stereocenters. The molecule has 0 heterocycles. The van der Waals surface area contributed by atoms with Crippen LogP contribution in [0.1, 0.15) is 58.7 Å². The van der Waals surface area contributed by atoms with Crippen molar-refractivity contribution in [1.29, 1.82) is 0 Å². The molecule has 21 heavy (non-hydrogen) atoms. The highest BCUT2D eigenvalue weighted by atomic mass is 32.2. The number of sulfone groups is 1. The van der Waals surface area contributed by atoms with Crippen LogP contribution in [0.5, 0.6) is 0 Å². The highest BCUT2D eigenvalue weighted by molar-refractivity contribution is 7.92. The van der Waals surface area contributed by atoms with Crippen molar-refractivity contribution >= 4 is 9.84 Å². The van der Waals surface area contributed by atoms with E-state index in [4.69, 9.17) is 0 Å². The fourth-order valence-electron chi connectivity index (χ4n) is 2.36. The largest absolute Gasteiger partial charge is 0.309 e. The smallest absolute Gasteiger partial charge is 0.154 e. The lowest BCUT2D eigenvalue weighted by molar-refractivity contribution is 0.428. The van der Waals surface area contributed by atoms with Gasteiger partial charge in [-0.2, -0.15) is 0 Å². The molecule has 0 bridgehead atoms. The number of hydrogen-bond acceptors (Lipinski definition) is 3. The van der Waals surface area contributed by atoms with Crippen molar-refractivity contribution in [2.24, 2.45) is 0 Å². The third kappa shape index (κ3) is 4.07. The first-order valence-electron chi connectivity index (χ1n) is 7.44. The minimum Gasteiger partial charge on any atom is -0.309 e. The number of hydrogen-bond donors (Lipinski definition) is 1. The van der Waals surface area contributed by atoms with E-state index in [1.54, 1.807) is 13.8 Å². The van der Waals surface area contributed by atoms with E-state index >= 15 is 0 Å². The summed E-state index contributed by atoms with van der Waals surface area (Å²) >= 11 is 0. The van der Waals surface area contributed by atoms with Gasteiger partial charge in [-0.3, -0.25) is 0 Å². The molecular formula is C17H29NO2S. The summed E-state index contributed by atoms with van der Waals surface area (Å²) in [6.45, 7) is 12.8. The zero-order valence-electron chi connectivity index (χ0n) is 14.3. The van der Waals surface area contributed by atoms with Crippen molar-refractivity contribution in [3.8, 4) is 0 Å². The van der Waals surface area contributed by atoms with Crippen molar-refractivity contribution in [3.63, 3.8) is 0 Å². The Balaban J connectivity index is 3.25. The highest BCUT2D eigenvalue weighted by Crippen LogP contribution is 2.33. The lowest BCUT2D eigenvalue weighted by Gasteiger charge is -2.34. The summed E-state index contributed by atoms with van der Waals surface area (Å²) < 4.78 is 23.4. The number of benzene rings is 1. The van der Waals surface area contributed by atoms with Gasteiger partial charge in [0.25, 0.3) is 0 Å². The van der Waals surface area contributed by atoms with E-state index in [0.717, 1.165) is 12.1 Å². The van der Waals surface area contributed by atoms with E-state index in [1.807, 2.05) is 19.1 Å². The zero-order chi connectivity index (χ0) is 16.5. The summed E-state index contributed by atoms with van der Waals surface area (Å²) in [5.41, 5.74) is 2.36. The van der Waals surface area contributed by atoms with Gasteiger partial charge < -0.3 is 5.32 Å². The average molecular weight is 311 g/mol. The van der Waals surface area contributed by atoms with Crippen molar-refractivity contribution < 1.29 is 8.42 Å². The van der Waals surface area contributed by atoms with Crippen LogP contribution in [0.25, 0.3) is 0 Å². The van der Waals surface area contributed by atoms with Gasteiger partial charge >= 0.3 is 0 Å². The van der Waals surface area contributed by atoms with Gasteiger partial charge in [0.1, 0.15) is 0 Å². The van der Waals surface area contributed by atoms with Gasteiger partial charge in [-0.15, -0.1) is 0 Å². The number of nitrogens with one attached hydrogen (secondary N) is 1. The summed E-state index contributed by atoms with van der Waals surface area (Å²) in [6.07, 6.45) is 1.31. The van der Waals surface area contributed by atoms with Crippen molar-refractivity contribution in [2.75, 3.05) is 12.8 Å². The molecule has 0 spiro atoms.